The number of hydrogen-bond donors (Lipinski definition) is 1. The Morgan fingerprint density at radius 1 is 0.920 bits per heavy atom. The van der Waals surface area contributed by atoms with Gasteiger partial charge in [-0.2, -0.15) is 0 Å². The zero-order valence-corrected chi connectivity index (χ0v) is 13.9. The number of carbonyl (C=O) groups is 1. The fraction of sp³-hybridized carbons (Fsp3) is 0.150. The molecule has 0 aliphatic heterocycles. The van der Waals surface area contributed by atoms with E-state index >= 15 is 0 Å². The first kappa shape index (κ1) is 16.6. The van der Waals surface area contributed by atoms with E-state index in [1.54, 1.807) is 36.4 Å². The second-order valence-electron chi connectivity index (χ2n) is 5.28. The number of benzene rings is 2. The lowest BCUT2D eigenvalue weighted by atomic mass is 10.3. The molecule has 0 aliphatic rings. The van der Waals surface area contributed by atoms with Gasteiger partial charge in [0.1, 0.15) is 23.9 Å². The fourth-order valence-corrected chi connectivity index (χ4v) is 2.24. The van der Waals surface area contributed by atoms with Crippen LogP contribution in [0, 0.1) is 0 Å². The van der Waals surface area contributed by atoms with Crippen molar-refractivity contribution in [2.75, 3.05) is 11.9 Å². The maximum atomic E-state index is 12.2. The molecule has 3 aromatic rings. The predicted molar refractivity (Wildman–Crippen MR) is 95.0 cm³/mol. The maximum absolute atomic E-state index is 12.2. The van der Waals surface area contributed by atoms with Crippen LogP contribution in [0.4, 0.5) is 5.69 Å². The first-order chi connectivity index (χ1) is 12.2. The van der Waals surface area contributed by atoms with Crippen molar-refractivity contribution < 1.29 is 18.7 Å². The molecule has 5 nitrogen and oxygen atoms in total. The van der Waals surface area contributed by atoms with Crippen LogP contribution in [0.2, 0.25) is 0 Å². The van der Waals surface area contributed by atoms with Crippen molar-refractivity contribution in [1.82, 2.24) is 0 Å². The Kier molecular flexibility index (Phi) is 5.36. The summed E-state index contributed by atoms with van der Waals surface area (Å²) in [5.74, 6) is 2.02. The largest absolute Gasteiger partial charge is 0.494 e. The van der Waals surface area contributed by atoms with Crippen LogP contribution < -0.4 is 14.8 Å². The molecule has 3 rings (SSSR count). The Morgan fingerprint density at radius 2 is 1.64 bits per heavy atom. The quantitative estimate of drug-likeness (QED) is 0.689. The van der Waals surface area contributed by atoms with Gasteiger partial charge in [-0.25, -0.2) is 0 Å². The van der Waals surface area contributed by atoms with E-state index in [0.717, 1.165) is 11.5 Å². The Bertz CT molecular complexity index is 809. The van der Waals surface area contributed by atoms with E-state index in [2.05, 4.69) is 5.32 Å². The molecule has 25 heavy (non-hydrogen) atoms. The molecule has 2 aromatic carbocycles. The van der Waals surface area contributed by atoms with Crippen molar-refractivity contribution in [1.29, 1.82) is 0 Å². The van der Waals surface area contributed by atoms with Gasteiger partial charge in [0.05, 0.1) is 6.61 Å². The number of furan rings is 1. The first-order valence-corrected chi connectivity index (χ1v) is 8.05. The third kappa shape index (κ3) is 4.64. The molecule has 0 bridgehead atoms. The number of anilines is 1. The van der Waals surface area contributed by atoms with E-state index in [1.165, 1.54) is 0 Å². The molecule has 128 valence electrons. The highest BCUT2D eigenvalue weighted by Gasteiger charge is 2.12. The number of rotatable bonds is 7. The van der Waals surface area contributed by atoms with E-state index in [4.69, 9.17) is 13.9 Å². The van der Waals surface area contributed by atoms with Crippen molar-refractivity contribution in [3.63, 3.8) is 0 Å². The van der Waals surface area contributed by atoms with Crippen LogP contribution in [-0.4, -0.2) is 12.5 Å². The molecule has 1 N–H and O–H groups in total. The summed E-state index contributed by atoms with van der Waals surface area (Å²) in [7, 11) is 0. The molecule has 5 heteroatoms. The number of hydrogen-bond acceptors (Lipinski definition) is 4. The average Bonchev–Trinajstić information content (AvgIpc) is 3.12. The lowest BCUT2D eigenvalue weighted by Gasteiger charge is -2.06. The summed E-state index contributed by atoms with van der Waals surface area (Å²) in [4.78, 5) is 12.2. The second-order valence-corrected chi connectivity index (χ2v) is 5.28. The van der Waals surface area contributed by atoms with Crippen molar-refractivity contribution >= 4 is 11.6 Å². The molecule has 0 saturated heterocycles. The maximum Gasteiger partial charge on any atom is 0.291 e. The minimum Gasteiger partial charge on any atom is -0.494 e. The molecule has 0 saturated carbocycles. The Morgan fingerprint density at radius 3 is 2.36 bits per heavy atom. The topological polar surface area (TPSA) is 60.7 Å². The third-order valence-corrected chi connectivity index (χ3v) is 3.43. The highest BCUT2D eigenvalue weighted by molar-refractivity contribution is 6.02. The SMILES string of the molecule is CCOc1ccc(NC(=O)c2ccc(COc3ccccc3)o2)cc1. The Hall–Kier alpha value is -3.21. The van der Waals surface area contributed by atoms with Gasteiger partial charge < -0.3 is 19.2 Å². The number of nitrogens with one attached hydrogen (secondary N) is 1. The van der Waals surface area contributed by atoms with E-state index < -0.39 is 0 Å². The number of amides is 1. The van der Waals surface area contributed by atoms with E-state index in [9.17, 15) is 4.79 Å². The van der Waals surface area contributed by atoms with Crippen LogP contribution in [0.5, 0.6) is 11.5 Å². The van der Waals surface area contributed by atoms with Gasteiger partial charge in [0.15, 0.2) is 5.76 Å². The predicted octanol–water partition coefficient (Wildman–Crippen LogP) is 4.51. The van der Waals surface area contributed by atoms with Crippen molar-refractivity contribution in [3.8, 4) is 11.5 Å². The molecule has 0 spiro atoms. The lowest BCUT2D eigenvalue weighted by Crippen LogP contribution is -2.10. The molecule has 0 unspecified atom stereocenters. The fourth-order valence-electron chi connectivity index (χ4n) is 2.24. The number of carbonyl (C=O) groups excluding carboxylic acids is 1. The molecule has 1 aromatic heterocycles. The minimum absolute atomic E-state index is 0.237. The molecule has 1 heterocycles. The van der Waals surface area contributed by atoms with Gasteiger partial charge in [-0.1, -0.05) is 18.2 Å². The summed E-state index contributed by atoms with van der Waals surface area (Å²) in [5, 5.41) is 2.79. The summed E-state index contributed by atoms with van der Waals surface area (Å²) in [6, 6.07) is 20.0. The van der Waals surface area contributed by atoms with Crippen LogP contribution in [0.3, 0.4) is 0 Å². The highest BCUT2D eigenvalue weighted by atomic mass is 16.5. The summed E-state index contributed by atoms with van der Waals surface area (Å²) >= 11 is 0. The van der Waals surface area contributed by atoms with Gasteiger partial charge >= 0.3 is 0 Å². The smallest absolute Gasteiger partial charge is 0.291 e. The van der Waals surface area contributed by atoms with Gasteiger partial charge in [-0.05, 0) is 55.5 Å². The molecular weight excluding hydrogens is 318 g/mol. The molecule has 1 amide bonds. The minimum atomic E-state index is -0.310. The average molecular weight is 337 g/mol. The van der Waals surface area contributed by atoms with Crippen LogP contribution in [0.15, 0.2) is 71.1 Å². The monoisotopic (exact) mass is 337 g/mol. The van der Waals surface area contributed by atoms with E-state index in [0.29, 0.717) is 18.1 Å². The van der Waals surface area contributed by atoms with E-state index in [-0.39, 0.29) is 18.3 Å². The van der Waals surface area contributed by atoms with Crippen LogP contribution in [0.1, 0.15) is 23.2 Å². The summed E-state index contributed by atoms with van der Waals surface area (Å²) in [6.45, 7) is 2.79. The Labute approximate surface area is 146 Å². The first-order valence-electron chi connectivity index (χ1n) is 8.05. The third-order valence-electron chi connectivity index (χ3n) is 3.43. The molecular formula is C20H19NO4. The summed E-state index contributed by atoms with van der Waals surface area (Å²) in [6.07, 6.45) is 0. The van der Waals surface area contributed by atoms with Crippen LogP contribution >= 0.6 is 0 Å². The van der Waals surface area contributed by atoms with Gasteiger partial charge in [-0.3, -0.25) is 4.79 Å². The molecule has 0 atom stereocenters. The molecule has 0 radical (unpaired) electrons. The van der Waals surface area contributed by atoms with Gasteiger partial charge in [0.25, 0.3) is 5.91 Å². The van der Waals surface area contributed by atoms with Crippen molar-refractivity contribution in [3.05, 3.63) is 78.3 Å². The Balaban J connectivity index is 1.56. The molecule has 0 aliphatic carbocycles. The molecule has 0 fully saturated rings. The lowest BCUT2D eigenvalue weighted by molar-refractivity contribution is 0.0992. The standard InChI is InChI=1S/C20H19NO4/c1-2-23-17-10-8-15(9-11-17)21-20(22)19-13-12-18(25-19)14-24-16-6-4-3-5-7-16/h3-13H,2,14H2,1H3,(H,21,22). The number of para-hydroxylation sites is 1. The van der Waals surface area contributed by atoms with Crippen molar-refractivity contribution in [2.24, 2.45) is 0 Å². The number of ether oxygens (including phenoxy) is 2. The van der Waals surface area contributed by atoms with Gasteiger partial charge in [0, 0.05) is 5.69 Å². The van der Waals surface area contributed by atoms with Crippen LogP contribution in [0.25, 0.3) is 0 Å². The zero-order valence-electron chi connectivity index (χ0n) is 13.9. The normalized spacial score (nSPS) is 10.3. The van der Waals surface area contributed by atoms with E-state index in [1.807, 2.05) is 37.3 Å². The summed E-state index contributed by atoms with van der Waals surface area (Å²) < 4.78 is 16.5. The second kappa shape index (κ2) is 8.06. The van der Waals surface area contributed by atoms with Gasteiger partial charge in [0.2, 0.25) is 0 Å². The summed E-state index contributed by atoms with van der Waals surface area (Å²) in [5.41, 5.74) is 0.673. The zero-order chi connectivity index (χ0) is 17.5. The van der Waals surface area contributed by atoms with Crippen molar-refractivity contribution in [2.45, 2.75) is 13.5 Å². The van der Waals surface area contributed by atoms with Gasteiger partial charge in [-0.15, -0.1) is 0 Å². The van der Waals surface area contributed by atoms with Crippen LogP contribution in [-0.2, 0) is 6.61 Å². The highest BCUT2D eigenvalue weighted by Crippen LogP contribution is 2.18.